The van der Waals surface area contributed by atoms with Gasteiger partial charge in [-0.1, -0.05) is 36.4 Å². The number of hydrogen-bond donors (Lipinski definition) is 3. The van der Waals surface area contributed by atoms with Crippen LogP contribution in [0.1, 0.15) is 25.5 Å². The fourth-order valence-electron chi connectivity index (χ4n) is 2.19. The fourth-order valence-corrected chi connectivity index (χ4v) is 4.24. The largest absolute Gasteiger partial charge is 0.357 e. The molecule has 1 heterocycles. The number of aliphatic imine (C=N–C) groups is 1. The van der Waals surface area contributed by atoms with Crippen molar-refractivity contribution in [2.45, 2.75) is 24.1 Å². The average molecular weight is 508 g/mol. The maximum absolute atomic E-state index is 12.0. The van der Waals surface area contributed by atoms with Gasteiger partial charge < -0.3 is 10.6 Å². The van der Waals surface area contributed by atoms with Crippen molar-refractivity contribution in [1.82, 2.24) is 15.4 Å². The van der Waals surface area contributed by atoms with E-state index in [0.717, 1.165) is 12.1 Å². The molecule has 0 fully saturated rings. The quantitative estimate of drug-likeness (QED) is 0.222. The monoisotopic (exact) mass is 508 g/mol. The van der Waals surface area contributed by atoms with Gasteiger partial charge in [0.2, 0.25) is 10.0 Å². The highest BCUT2D eigenvalue weighted by Gasteiger charge is 2.13. The van der Waals surface area contributed by atoms with Gasteiger partial charge in [0.05, 0.1) is 12.6 Å². The Balaban J connectivity index is 0.00000338. The van der Waals surface area contributed by atoms with Crippen LogP contribution in [0.5, 0.6) is 0 Å². The first-order chi connectivity index (χ1) is 12.0. The van der Waals surface area contributed by atoms with Gasteiger partial charge in [-0.15, -0.1) is 35.3 Å². The minimum Gasteiger partial charge on any atom is -0.357 e. The summed E-state index contributed by atoms with van der Waals surface area (Å²) in [7, 11) is -3.43. The van der Waals surface area contributed by atoms with Crippen LogP contribution in [-0.4, -0.2) is 34.0 Å². The lowest BCUT2D eigenvalue weighted by Crippen LogP contribution is -2.39. The lowest BCUT2D eigenvalue weighted by atomic mass is 10.1. The van der Waals surface area contributed by atoms with Gasteiger partial charge in [0.1, 0.15) is 4.21 Å². The summed E-state index contributed by atoms with van der Waals surface area (Å²) in [5.74, 6) is 0.661. The predicted octanol–water partition coefficient (Wildman–Crippen LogP) is 2.96. The molecule has 0 saturated carbocycles. The van der Waals surface area contributed by atoms with Gasteiger partial charge in [0, 0.05) is 13.1 Å². The third-order valence-electron chi connectivity index (χ3n) is 3.43. The van der Waals surface area contributed by atoms with E-state index in [9.17, 15) is 8.42 Å². The summed E-state index contributed by atoms with van der Waals surface area (Å²) in [5, 5.41) is 8.24. The number of sulfonamides is 1. The Hall–Kier alpha value is -1.17. The van der Waals surface area contributed by atoms with Crippen molar-refractivity contribution < 1.29 is 8.42 Å². The summed E-state index contributed by atoms with van der Waals surface area (Å²) in [6.45, 7) is 5.37. The normalized spacial score (nSPS) is 12.9. The van der Waals surface area contributed by atoms with Crippen molar-refractivity contribution in [2.75, 3.05) is 19.6 Å². The molecule has 1 unspecified atom stereocenters. The Labute approximate surface area is 176 Å². The first kappa shape index (κ1) is 22.9. The number of thiophene rings is 1. The third-order valence-corrected chi connectivity index (χ3v) is 6.29. The van der Waals surface area contributed by atoms with Crippen molar-refractivity contribution in [3.05, 3.63) is 53.4 Å². The Morgan fingerprint density at radius 2 is 1.92 bits per heavy atom. The standard InChI is InChI=1S/C17H24N4O2S2.HI/c1-3-18-17(21-14(2)15-8-5-4-6-9-15)19-11-12-20-25(22,23)16-10-7-13-24-16;/h4-10,13-14,20H,3,11-12H2,1-2H3,(H2,18,19,21);1H. The summed E-state index contributed by atoms with van der Waals surface area (Å²) in [4.78, 5) is 4.43. The molecule has 9 heteroatoms. The van der Waals surface area contributed by atoms with E-state index in [-0.39, 0.29) is 36.6 Å². The second-order valence-electron chi connectivity index (χ2n) is 5.37. The van der Waals surface area contributed by atoms with Crippen LogP contribution in [0.4, 0.5) is 0 Å². The first-order valence-corrected chi connectivity index (χ1v) is 10.5. The minimum absolute atomic E-state index is 0. The molecule has 0 spiro atoms. The van der Waals surface area contributed by atoms with Crippen molar-refractivity contribution in [3.63, 3.8) is 0 Å². The van der Waals surface area contributed by atoms with E-state index < -0.39 is 10.0 Å². The highest BCUT2D eigenvalue weighted by Crippen LogP contribution is 2.14. The number of halogens is 1. The number of nitrogens with zero attached hydrogens (tertiary/aromatic N) is 1. The van der Waals surface area contributed by atoms with Gasteiger partial charge in [-0.25, -0.2) is 13.1 Å². The molecule has 3 N–H and O–H groups in total. The molecule has 26 heavy (non-hydrogen) atoms. The van der Waals surface area contributed by atoms with Gasteiger partial charge in [-0.3, -0.25) is 4.99 Å². The summed E-state index contributed by atoms with van der Waals surface area (Å²) in [5.41, 5.74) is 1.16. The molecule has 0 aliphatic heterocycles. The van der Waals surface area contributed by atoms with Crippen LogP contribution in [0.3, 0.4) is 0 Å². The molecule has 2 aromatic rings. The molecule has 2 rings (SSSR count). The average Bonchev–Trinajstić information content (AvgIpc) is 3.15. The molecule has 1 aromatic heterocycles. The van der Waals surface area contributed by atoms with Gasteiger partial charge in [-0.05, 0) is 30.9 Å². The van der Waals surface area contributed by atoms with Crippen molar-refractivity contribution in [2.24, 2.45) is 4.99 Å². The fraction of sp³-hybridized carbons (Fsp3) is 0.353. The second kappa shape index (κ2) is 11.5. The number of nitrogens with one attached hydrogen (secondary N) is 3. The molecular weight excluding hydrogens is 483 g/mol. The number of benzene rings is 1. The highest BCUT2D eigenvalue weighted by molar-refractivity contribution is 14.0. The van der Waals surface area contributed by atoms with Gasteiger partial charge >= 0.3 is 0 Å². The van der Waals surface area contributed by atoms with Gasteiger partial charge in [0.25, 0.3) is 0 Å². The van der Waals surface area contributed by atoms with Crippen molar-refractivity contribution in [3.8, 4) is 0 Å². The van der Waals surface area contributed by atoms with Crippen LogP contribution in [0.2, 0.25) is 0 Å². The summed E-state index contributed by atoms with van der Waals surface area (Å²) in [6, 6.07) is 13.5. The van der Waals surface area contributed by atoms with Crippen LogP contribution in [0, 0.1) is 0 Å². The third kappa shape index (κ3) is 7.22. The minimum atomic E-state index is -3.43. The Morgan fingerprint density at radius 3 is 2.54 bits per heavy atom. The lowest BCUT2D eigenvalue weighted by molar-refractivity contribution is 0.584. The van der Waals surface area contributed by atoms with E-state index in [0.29, 0.717) is 16.7 Å². The molecule has 0 radical (unpaired) electrons. The second-order valence-corrected chi connectivity index (χ2v) is 8.31. The Bertz CT molecular complexity index is 765. The SMILES string of the molecule is CCNC(=NCCNS(=O)(=O)c1cccs1)NC(C)c1ccccc1.I. The number of rotatable bonds is 8. The smallest absolute Gasteiger partial charge is 0.250 e. The molecule has 0 amide bonds. The van der Waals surface area contributed by atoms with Crippen molar-refractivity contribution in [1.29, 1.82) is 0 Å². The van der Waals surface area contributed by atoms with Crippen LogP contribution in [-0.2, 0) is 10.0 Å². The van der Waals surface area contributed by atoms with E-state index in [1.165, 1.54) is 11.3 Å². The number of hydrogen-bond acceptors (Lipinski definition) is 4. The molecule has 0 saturated heterocycles. The Morgan fingerprint density at radius 1 is 1.19 bits per heavy atom. The van der Waals surface area contributed by atoms with Gasteiger partial charge in [-0.2, -0.15) is 0 Å². The van der Waals surface area contributed by atoms with E-state index in [4.69, 9.17) is 0 Å². The molecule has 0 aliphatic carbocycles. The zero-order valence-corrected chi connectivity index (χ0v) is 18.8. The predicted molar refractivity (Wildman–Crippen MR) is 119 cm³/mol. The molecule has 6 nitrogen and oxygen atoms in total. The summed E-state index contributed by atoms with van der Waals surface area (Å²) in [6.07, 6.45) is 0. The number of guanidine groups is 1. The van der Waals surface area contributed by atoms with E-state index in [1.807, 2.05) is 25.1 Å². The van der Waals surface area contributed by atoms with Gasteiger partial charge in [0.15, 0.2) is 5.96 Å². The lowest BCUT2D eigenvalue weighted by Gasteiger charge is -2.18. The van der Waals surface area contributed by atoms with Crippen LogP contribution >= 0.6 is 35.3 Å². The van der Waals surface area contributed by atoms with Crippen LogP contribution < -0.4 is 15.4 Å². The highest BCUT2D eigenvalue weighted by atomic mass is 127. The van der Waals surface area contributed by atoms with Crippen LogP contribution in [0.25, 0.3) is 0 Å². The topological polar surface area (TPSA) is 82.6 Å². The first-order valence-electron chi connectivity index (χ1n) is 8.16. The maximum Gasteiger partial charge on any atom is 0.250 e. The summed E-state index contributed by atoms with van der Waals surface area (Å²) >= 11 is 1.20. The molecule has 144 valence electrons. The van der Waals surface area contributed by atoms with E-state index in [2.05, 4.69) is 39.4 Å². The van der Waals surface area contributed by atoms with Crippen molar-refractivity contribution >= 4 is 51.3 Å². The zero-order chi connectivity index (χ0) is 18.1. The zero-order valence-electron chi connectivity index (χ0n) is 14.8. The van der Waals surface area contributed by atoms with E-state index in [1.54, 1.807) is 17.5 Å². The molecular formula is C17H25IN4O2S2. The Kier molecular flexibility index (Phi) is 10.1. The molecule has 1 atom stereocenters. The summed E-state index contributed by atoms with van der Waals surface area (Å²) < 4.78 is 27.0. The van der Waals surface area contributed by atoms with Crippen LogP contribution in [0.15, 0.2) is 57.0 Å². The molecule has 0 aliphatic rings. The molecule has 0 bridgehead atoms. The molecule has 1 aromatic carbocycles. The van der Waals surface area contributed by atoms with E-state index >= 15 is 0 Å². The maximum atomic E-state index is 12.0.